The van der Waals surface area contributed by atoms with E-state index in [1.165, 1.54) is 19.4 Å². The van der Waals surface area contributed by atoms with E-state index in [9.17, 15) is 5.11 Å². The van der Waals surface area contributed by atoms with Crippen molar-refractivity contribution in [1.29, 1.82) is 0 Å². The number of imidazole rings is 1. The third-order valence-electron chi connectivity index (χ3n) is 4.36. The van der Waals surface area contributed by atoms with Gasteiger partial charge in [-0.15, -0.1) is 0 Å². The molecule has 0 aliphatic carbocycles. The second-order valence-electron chi connectivity index (χ2n) is 5.79. The van der Waals surface area contributed by atoms with E-state index in [4.69, 9.17) is 0 Å². The van der Waals surface area contributed by atoms with Gasteiger partial charge in [0.15, 0.2) is 0 Å². The van der Waals surface area contributed by atoms with Gasteiger partial charge < -0.3 is 14.6 Å². The second-order valence-corrected chi connectivity index (χ2v) is 5.79. The molecule has 108 valence electrons. The van der Waals surface area contributed by atoms with Crippen LogP contribution in [-0.4, -0.2) is 45.3 Å². The Kier molecular flexibility index (Phi) is 5.40. The van der Waals surface area contributed by atoms with Crippen molar-refractivity contribution in [1.82, 2.24) is 14.5 Å². The Hall–Kier alpha value is -0.870. The topological polar surface area (TPSA) is 41.3 Å². The molecule has 1 fully saturated rings. The zero-order valence-electron chi connectivity index (χ0n) is 12.3. The van der Waals surface area contributed by atoms with Crippen molar-refractivity contribution in [3.63, 3.8) is 0 Å². The van der Waals surface area contributed by atoms with Gasteiger partial charge in [-0.3, -0.25) is 0 Å². The average molecular weight is 265 g/mol. The number of unbranched alkanes of at least 4 members (excludes halogenated alkanes) is 1. The molecule has 1 unspecified atom stereocenters. The highest BCUT2D eigenvalue weighted by atomic mass is 16.3. The molecule has 1 aromatic heterocycles. The normalized spacial score (nSPS) is 19.7. The maximum atomic E-state index is 9.58. The van der Waals surface area contributed by atoms with E-state index >= 15 is 0 Å². The van der Waals surface area contributed by atoms with Crippen LogP contribution >= 0.6 is 0 Å². The molecule has 4 nitrogen and oxygen atoms in total. The number of rotatable bonds is 6. The van der Waals surface area contributed by atoms with E-state index in [1.54, 1.807) is 0 Å². The lowest BCUT2D eigenvalue weighted by molar-refractivity contribution is 0.0713. The molecule has 4 heteroatoms. The smallest absolute Gasteiger partial charge is 0.105 e. The fourth-order valence-corrected chi connectivity index (χ4v) is 2.92. The zero-order chi connectivity index (χ0) is 13.7. The number of likely N-dealkylation sites (tertiary alicyclic amines) is 1. The molecule has 1 aliphatic heterocycles. The third-order valence-corrected chi connectivity index (χ3v) is 4.36. The quantitative estimate of drug-likeness (QED) is 0.801. The highest BCUT2D eigenvalue weighted by molar-refractivity contribution is 4.88. The minimum Gasteiger partial charge on any atom is -0.393 e. The van der Waals surface area contributed by atoms with Gasteiger partial charge in [-0.2, -0.15) is 0 Å². The number of piperidine rings is 1. The number of aliphatic hydroxyl groups is 1. The molecule has 0 saturated carbocycles. The summed E-state index contributed by atoms with van der Waals surface area (Å²) in [5.41, 5.74) is 0. The zero-order valence-corrected chi connectivity index (χ0v) is 12.3. The molecule has 1 atom stereocenters. The van der Waals surface area contributed by atoms with Gasteiger partial charge in [-0.1, -0.05) is 0 Å². The van der Waals surface area contributed by atoms with Crippen molar-refractivity contribution in [2.45, 2.75) is 52.2 Å². The first-order valence-corrected chi connectivity index (χ1v) is 7.55. The predicted octanol–water partition coefficient (Wildman–Crippen LogP) is 2.06. The first kappa shape index (κ1) is 14.5. The van der Waals surface area contributed by atoms with Crippen LogP contribution in [0.15, 0.2) is 12.4 Å². The van der Waals surface area contributed by atoms with Crippen LogP contribution in [0.1, 0.15) is 38.4 Å². The highest BCUT2D eigenvalue weighted by Gasteiger charge is 2.21. The number of hydrogen-bond donors (Lipinski definition) is 1. The van der Waals surface area contributed by atoms with Crippen LogP contribution in [0.5, 0.6) is 0 Å². The fourth-order valence-electron chi connectivity index (χ4n) is 2.92. The predicted molar refractivity (Wildman–Crippen MR) is 77.0 cm³/mol. The van der Waals surface area contributed by atoms with Crippen LogP contribution in [0.3, 0.4) is 0 Å². The first-order valence-electron chi connectivity index (χ1n) is 7.55. The summed E-state index contributed by atoms with van der Waals surface area (Å²) in [6.45, 7) is 8.56. The maximum absolute atomic E-state index is 9.58. The number of aromatic nitrogens is 2. The Morgan fingerprint density at radius 2 is 2.00 bits per heavy atom. The van der Waals surface area contributed by atoms with Crippen molar-refractivity contribution in [2.24, 2.45) is 5.92 Å². The minimum absolute atomic E-state index is 0.133. The van der Waals surface area contributed by atoms with Crippen LogP contribution in [-0.2, 0) is 6.54 Å². The first-order chi connectivity index (χ1) is 9.16. The Morgan fingerprint density at radius 1 is 1.32 bits per heavy atom. The van der Waals surface area contributed by atoms with Crippen LogP contribution < -0.4 is 0 Å². The third kappa shape index (κ3) is 4.32. The molecule has 1 saturated heterocycles. The van der Waals surface area contributed by atoms with E-state index in [-0.39, 0.29) is 6.10 Å². The lowest BCUT2D eigenvalue weighted by atomic mass is 9.92. The maximum Gasteiger partial charge on any atom is 0.105 e. The van der Waals surface area contributed by atoms with Gasteiger partial charge in [0.05, 0.1) is 6.10 Å². The second kappa shape index (κ2) is 7.06. The van der Waals surface area contributed by atoms with Crippen molar-refractivity contribution in [3.05, 3.63) is 18.2 Å². The summed E-state index contributed by atoms with van der Waals surface area (Å²) in [7, 11) is 0. The molecule has 2 rings (SSSR count). The summed E-state index contributed by atoms with van der Waals surface area (Å²) in [6, 6.07) is 0. The van der Waals surface area contributed by atoms with Gasteiger partial charge in [0.2, 0.25) is 0 Å². The number of nitrogens with zero attached hydrogens (tertiary/aromatic N) is 3. The molecule has 0 radical (unpaired) electrons. The van der Waals surface area contributed by atoms with Gasteiger partial charge in [0.25, 0.3) is 0 Å². The fraction of sp³-hybridized carbons (Fsp3) is 0.800. The van der Waals surface area contributed by atoms with Crippen LogP contribution in [0, 0.1) is 12.8 Å². The summed E-state index contributed by atoms with van der Waals surface area (Å²) in [4.78, 5) is 6.78. The van der Waals surface area contributed by atoms with Gasteiger partial charge >= 0.3 is 0 Å². The summed E-state index contributed by atoms with van der Waals surface area (Å²) in [5, 5.41) is 9.58. The lowest BCUT2D eigenvalue weighted by Gasteiger charge is -2.33. The van der Waals surface area contributed by atoms with Crippen LogP contribution in [0.4, 0.5) is 0 Å². The Morgan fingerprint density at radius 3 is 2.58 bits per heavy atom. The van der Waals surface area contributed by atoms with Crippen molar-refractivity contribution in [3.8, 4) is 0 Å². The molecule has 0 amide bonds. The van der Waals surface area contributed by atoms with Crippen molar-refractivity contribution >= 4 is 0 Å². The SMILES string of the molecule is Cc1nccn1CCCCN1CCC(C(C)O)CC1. The molecule has 1 N–H and O–H groups in total. The molecule has 0 bridgehead atoms. The molecule has 2 heterocycles. The van der Waals surface area contributed by atoms with Crippen molar-refractivity contribution in [2.75, 3.05) is 19.6 Å². The highest BCUT2D eigenvalue weighted by Crippen LogP contribution is 2.20. The van der Waals surface area contributed by atoms with E-state index in [2.05, 4.69) is 27.6 Å². The number of hydrogen-bond acceptors (Lipinski definition) is 3. The number of aryl methyl sites for hydroxylation is 2. The summed E-state index contributed by atoms with van der Waals surface area (Å²) >= 11 is 0. The van der Waals surface area contributed by atoms with Gasteiger partial charge in [0.1, 0.15) is 5.82 Å². The molecule has 1 aromatic rings. The monoisotopic (exact) mass is 265 g/mol. The molecule has 0 spiro atoms. The summed E-state index contributed by atoms with van der Waals surface area (Å²) < 4.78 is 2.22. The van der Waals surface area contributed by atoms with E-state index in [1.807, 2.05) is 13.1 Å². The standard InChI is InChI=1S/C15H27N3O/c1-13(19)15-5-10-17(11-6-15)8-3-4-9-18-12-7-16-14(18)2/h7,12-13,15,19H,3-6,8-11H2,1-2H3. The Labute approximate surface area is 116 Å². The lowest BCUT2D eigenvalue weighted by Crippen LogP contribution is -2.37. The van der Waals surface area contributed by atoms with E-state index < -0.39 is 0 Å². The van der Waals surface area contributed by atoms with Crippen LogP contribution in [0.25, 0.3) is 0 Å². The largest absolute Gasteiger partial charge is 0.393 e. The molecule has 0 aromatic carbocycles. The van der Waals surface area contributed by atoms with Gasteiger partial charge in [-0.25, -0.2) is 4.98 Å². The molecule has 19 heavy (non-hydrogen) atoms. The van der Waals surface area contributed by atoms with Crippen LogP contribution in [0.2, 0.25) is 0 Å². The summed E-state index contributed by atoms with van der Waals surface area (Å²) in [5.74, 6) is 1.63. The van der Waals surface area contributed by atoms with Crippen molar-refractivity contribution < 1.29 is 5.11 Å². The number of aliphatic hydroxyl groups excluding tert-OH is 1. The molecular formula is C15H27N3O. The minimum atomic E-state index is -0.133. The van der Waals surface area contributed by atoms with Gasteiger partial charge in [0, 0.05) is 18.9 Å². The van der Waals surface area contributed by atoms with E-state index in [0.717, 1.165) is 38.3 Å². The van der Waals surface area contributed by atoms with E-state index in [0.29, 0.717) is 5.92 Å². The Balaban J connectivity index is 1.58. The molecule has 1 aliphatic rings. The molecular weight excluding hydrogens is 238 g/mol. The Bertz CT molecular complexity index is 367. The summed E-state index contributed by atoms with van der Waals surface area (Å²) in [6.07, 6.45) is 8.56. The van der Waals surface area contributed by atoms with Gasteiger partial charge in [-0.05, 0) is 65.1 Å². The average Bonchev–Trinajstić information content (AvgIpc) is 2.81.